The number of aliphatic hydroxyl groups excluding tert-OH is 1. The molecule has 0 radical (unpaired) electrons. The van der Waals surface area contributed by atoms with E-state index in [1.54, 1.807) is 0 Å². The van der Waals surface area contributed by atoms with Crippen molar-refractivity contribution in [2.75, 3.05) is 39.6 Å². The van der Waals surface area contributed by atoms with Gasteiger partial charge in [-0.15, -0.1) is 0 Å². The molecule has 0 fully saturated rings. The molecular weight excluding hydrogens is 1230 g/mol. The van der Waals surface area contributed by atoms with Gasteiger partial charge in [0, 0.05) is 25.7 Å². The summed E-state index contributed by atoms with van der Waals surface area (Å²) in [5, 5.41) is 10.6. The lowest BCUT2D eigenvalue weighted by atomic mass is 10.0. The molecule has 5 unspecified atom stereocenters. The number of phosphoric acid groups is 2. The van der Waals surface area contributed by atoms with Crippen molar-refractivity contribution in [3.05, 3.63) is 60.8 Å². The van der Waals surface area contributed by atoms with E-state index < -0.39 is 97.5 Å². The molecule has 548 valence electrons. The largest absolute Gasteiger partial charge is 0.472 e. The summed E-state index contributed by atoms with van der Waals surface area (Å²) in [5.74, 6) is -2.17. The topological polar surface area (TPSA) is 237 Å². The van der Waals surface area contributed by atoms with Gasteiger partial charge in [-0.3, -0.25) is 37.3 Å². The van der Waals surface area contributed by atoms with Gasteiger partial charge in [-0.1, -0.05) is 288 Å². The summed E-state index contributed by atoms with van der Waals surface area (Å²) in [4.78, 5) is 72.7. The predicted octanol–water partition coefficient (Wildman–Crippen LogP) is 21.1. The van der Waals surface area contributed by atoms with Crippen LogP contribution < -0.4 is 0 Å². The monoisotopic (exact) mass is 1370 g/mol. The second-order valence-corrected chi connectivity index (χ2v) is 28.1. The summed E-state index contributed by atoms with van der Waals surface area (Å²) in [6.45, 7) is 4.71. The maximum Gasteiger partial charge on any atom is 0.472 e. The van der Waals surface area contributed by atoms with E-state index in [0.29, 0.717) is 25.7 Å². The first kappa shape index (κ1) is 90.8. The highest BCUT2D eigenvalue weighted by atomic mass is 31.2. The molecule has 0 aliphatic heterocycles. The molecule has 0 aromatic heterocycles. The number of esters is 4. The number of carbonyl (C=O) groups excluding carboxylic acids is 4. The van der Waals surface area contributed by atoms with Crippen LogP contribution in [-0.2, 0) is 65.4 Å². The van der Waals surface area contributed by atoms with Crippen LogP contribution >= 0.6 is 15.6 Å². The first-order valence-corrected chi connectivity index (χ1v) is 40.5. The average molecular weight is 1370 g/mol. The van der Waals surface area contributed by atoms with E-state index in [4.69, 9.17) is 37.0 Å². The van der Waals surface area contributed by atoms with Crippen molar-refractivity contribution in [2.45, 2.75) is 354 Å². The quantitative estimate of drug-likeness (QED) is 0.0169. The van der Waals surface area contributed by atoms with Gasteiger partial charge in [0.1, 0.15) is 19.3 Å². The van der Waals surface area contributed by atoms with Gasteiger partial charge in [0.05, 0.1) is 26.4 Å². The van der Waals surface area contributed by atoms with Crippen LogP contribution in [0, 0.1) is 0 Å². The van der Waals surface area contributed by atoms with Crippen LogP contribution in [0.2, 0.25) is 0 Å². The average Bonchev–Trinajstić information content (AvgIpc) is 1.32. The van der Waals surface area contributed by atoms with Crippen LogP contribution in [0.4, 0.5) is 0 Å². The van der Waals surface area contributed by atoms with Crippen molar-refractivity contribution in [3.8, 4) is 0 Å². The first-order chi connectivity index (χ1) is 45.7. The molecule has 0 spiro atoms. The Balaban J connectivity index is 5.28. The third kappa shape index (κ3) is 67.3. The summed E-state index contributed by atoms with van der Waals surface area (Å²) in [7, 11) is -9.93. The van der Waals surface area contributed by atoms with Gasteiger partial charge in [0.15, 0.2) is 12.2 Å². The number of allylic oxidation sites excluding steroid dienone is 10. The summed E-state index contributed by atoms with van der Waals surface area (Å²) >= 11 is 0. The molecule has 19 heteroatoms. The molecule has 5 atom stereocenters. The Hall–Kier alpha value is -3.24. The maximum absolute atomic E-state index is 13.0. The molecule has 0 amide bonds. The Morgan fingerprint density at radius 3 is 0.894 bits per heavy atom. The SMILES string of the molecule is CC/C=C\C/C=C\C/C=C\CCCCCCCCCC(=O)OCC(COP(=O)(O)OCC(O)COP(=O)(O)OCC(COC(=O)CCCCCCC/C=C\C/C=C\CCC)OC(=O)CCCCCCCCCCCCCCC)OC(=O)CCCCCCCCCCCCC. The Bertz CT molecular complexity index is 2030. The minimum absolute atomic E-state index is 0.0982. The van der Waals surface area contributed by atoms with Gasteiger partial charge in [-0.05, 0) is 83.5 Å². The maximum atomic E-state index is 13.0. The first-order valence-electron chi connectivity index (χ1n) is 37.5. The zero-order chi connectivity index (χ0) is 69.0. The normalized spacial score (nSPS) is 14.3. The van der Waals surface area contributed by atoms with Gasteiger partial charge < -0.3 is 33.8 Å². The zero-order valence-electron chi connectivity index (χ0n) is 59.6. The molecule has 0 bridgehead atoms. The minimum Gasteiger partial charge on any atom is -0.462 e. The lowest BCUT2D eigenvalue weighted by Gasteiger charge is -2.21. The number of aliphatic hydroxyl groups is 1. The molecule has 0 rings (SSSR count). The molecule has 0 aromatic carbocycles. The van der Waals surface area contributed by atoms with Crippen molar-refractivity contribution in [2.24, 2.45) is 0 Å². The van der Waals surface area contributed by atoms with Crippen LogP contribution in [0.25, 0.3) is 0 Å². The van der Waals surface area contributed by atoms with Crippen molar-refractivity contribution in [3.63, 3.8) is 0 Å². The van der Waals surface area contributed by atoms with E-state index >= 15 is 0 Å². The van der Waals surface area contributed by atoms with Gasteiger partial charge in [0.25, 0.3) is 0 Å². The summed E-state index contributed by atoms with van der Waals surface area (Å²) < 4.78 is 68.4. The van der Waals surface area contributed by atoms with E-state index in [1.807, 2.05) is 0 Å². The lowest BCUT2D eigenvalue weighted by Crippen LogP contribution is -2.30. The molecule has 0 aromatic rings. The molecule has 0 saturated heterocycles. The van der Waals surface area contributed by atoms with Crippen LogP contribution in [0.3, 0.4) is 0 Å². The minimum atomic E-state index is -4.96. The van der Waals surface area contributed by atoms with E-state index in [2.05, 4.69) is 88.5 Å². The molecule has 3 N–H and O–H groups in total. The number of ether oxygens (including phenoxy) is 4. The number of hydrogen-bond donors (Lipinski definition) is 3. The fourth-order valence-electron chi connectivity index (χ4n) is 10.3. The van der Waals surface area contributed by atoms with Gasteiger partial charge >= 0.3 is 39.5 Å². The highest BCUT2D eigenvalue weighted by Gasteiger charge is 2.30. The Labute approximate surface area is 571 Å². The second-order valence-electron chi connectivity index (χ2n) is 25.2. The zero-order valence-corrected chi connectivity index (χ0v) is 61.4. The van der Waals surface area contributed by atoms with E-state index in [1.165, 1.54) is 89.9 Å². The number of unbranched alkanes of at least 4 members (excludes halogenated alkanes) is 35. The molecular formula is C75H136O17P2. The van der Waals surface area contributed by atoms with Crippen LogP contribution in [-0.4, -0.2) is 96.7 Å². The fourth-order valence-corrected chi connectivity index (χ4v) is 11.9. The third-order valence-electron chi connectivity index (χ3n) is 16.0. The molecule has 0 heterocycles. The van der Waals surface area contributed by atoms with Crippen molar-refractivity contribution < 1.29 is 80.2 Å². The predicted molar refractivity (Wildman–Crippen MR) is 381 cm³/mol. The van der Waals surface area contributed by atoms with Crippen molar-refractivity contribution in [1.82, 2.24) is 0 Å². The lowest BCUT2D eigenvalue weighted by molar-refractivity contribution is -0.161. The van der Waals surface area contributed by atoms with Crippen molar-refractivity contribution in [1.29, 1.82) is 0 Å². The summed E-state index contributed by atoms with van der Waals surface area (Å²) in [5.41, 5.74) is 0. The number of phosphoric ester groups is 2. The van der Waals surface area contributed by atoms with Gasteiger partial charge in [0.2, 0.25) is 0 Å². The van der Waals surface area contributed by atoms with Crippen LogP contribution in [0.1, 0.15) is 336 Å². The smallest absolute Gasteiger partial charge is 0.462 e. The highest BCUT2D eigenvalue weighted by Crippen LogP contribution is 2.45. The van der Waals surface area contributed by atoms with Gasteiger partial charge in [-0.2, -0.15) is 0 Å². The van der Waals surface area contributed by atoms with E-state index in [9.17, 15) is 43.2 Å². The third-order valence-corrected chi connectivity index (χ3v) is 17.9. The van der Waals surface area contributed by atoms with Gasteiger partial charge in [-0.25, -0.2) is 9.13 Å². The molecule has 0 saturated carbocycles. The summed E-state index contributed by atoms with van der Waals surface area (Å²) in [6, 6.07) is 0. The van der Waals surface area contributed by atoms with E-state index in [0.717, 1.165) is 167 Å². The van der Waals surface area contributed by atoms with Crippen LogP contribution in [0.5, 0.6) is 0 Å². The Morgan fingerprint density at radius 1 is 0.309 bits per heavy atom. The highest BCUT2D eigenvalue weighted by molar-refractivity contribution is 7.47. The standard InChI is InChI=1S/C75H136O17P2/c1-5-9-13-17-21-25-29-32-33-34-35-38-41-44-48-52-56-60-73(78)86-65-70(91-74(79)61-57-53-49-45-39-28-24-20-16-12-8-4)67-89-93(81,82)87-63-69(76)64-88-94(83,84)90-68-71(92-75(80)62-58-54-50-46-42-37-31-27-23-19-15-11-7-3)66-85-72(77)59-55-51-47-43-40-36-30-26-22-18-14-10-6-2/h9,13-14,18,21,25-26,30,32-33,69-71,76H,5-8,10-12,15-17,19-20,22-24,27-29,31,34-68H2,1-4H3,(H,81,82)(H,83,84)/b13-9-,18-14-,25-21-,30-26-,33-32-. The fraction of sp³-hybridized carbons (Fsp3) is 0.813. The van der Waals surface area contributed by atoms with Crippen molar-refractivity contribution >= 4 is 39.5 Å². The Kier molecular flexibility index (Phi) is 65.9. The second kappa shape index (κ2) is 68.3. The molecule has 0 aliphatic rings. The Morgan fingerprint density at radius 2 is 0.574 bits per heavy atom. The van der Waals surface area contributed by atoms with E-state index in [-0.39, 0.29) is 25.7 Å². The van der Waals surface area contributed by atoms with Crippen LogP contribution in [0.15, 0.2) is 60.8 Å². The summed E-state index contributed by atoms with van der Waals surface area (Å²) in [6.07, 6.45) is 65.0. The number of hydrogen-bond acceptors (Lipinski definition) is 15. The molecule has 94 heavy (non-hydrogen) atoms. The molecule has 0 aliphatic carbocycles. The molecule has 17 nitrogen and oxygen atoms in total. The number of rotatable bonds is 71. The number of carbonyl (C=O) groups is 4.